The first kappa shape index (κ1) is 15.7. The molecule has 4 rings (SSSR count). The van der Waals surface area contributed by atoms with Crippen LogP contribution in [-0.2, 0) is 21.8 Å². The number of rotatable bonds is 3. The second-order valence-corrected chi connectivity index (χ2v) is 8.79. The van der Waals surface area contributed by atoms with E-state index in [2.05, 4.69) is 10.1 Å². The fraction of sp³-hybridized carbons (Fsp3) is 0.333. The van der Waals surface area contributed by atoms with Crippen molar-refractivity contribution in [2.24, 2.45) is 7.05 Å². The van der Waals surface area contributed by atoms with Crippen LogP contribution in [0.1, 0.15) is 0 Å². The molecule has 3 aromatic heterocycles. The minimum Gasteiger partial charge on any atom is -0.379 e. The van der Waals surface area contributed by atoms with E-state index in [9.17, 15) is 8.42 Å². The highest BCUT2D eigenvalue weighted by Gasteiger charge is 2.27. The van der Waals surface area contributed by atoms with E-state index < -0.39 is 10.0 Å². The van der Waals surface area contributed by atoms with Gasteiger partial charge in [0.1, 0.15) is 4.21 Å². The number of pyridine rings is 1. The van der Waals surface area contributed by atoms with Crippen LogP contribution in [0.15, 0.2) is 34.8 Å². The van der Waals surface area contributed by atoms with Gasteiger partial charge >= 0.3 is 0 Å². The molecule has 0 bridgehead atoms. The summed E-state index contributed by atoms with van der Waals surface area (Å²) in [5.41, 5.74) is 1.69. The van der Waals surface area contributed by atoms with Gasteiger partial charge in [-0.1, -0.05) is 0 Å². The molecular formula is C15H16N4O3S2. The van der Waals surface area contributed by atoms with E-state index in [1.807, 2.05) is 19.2 Å². The average Bonchev–Trinajstić information content (AvgIpc) is 3.23. The summed E-state index contributed by atoms with van der Waals surface area (Å²) in [4.78, 5) is 5.28. The number of aromatic nitrogens is 3. The monoisotopic (exact) mass is 364 g/mol. The molecule has 1 aliphatic heterocycles. The lowest BCUT2D eigenvalue weighted by molar-refractivity contribution is 0.0731. The number of nitrogens with zero attached hydrogens (tertiary/aromatic N) is 4. The largest absolute Gasteiger partial charge is 0.379 e. The first-order valence-corrected chi connectivity index (χ1v) is 9.77. The summed E-state index contributed by atoms with van der Waals surface area (Å²) in [7, 11) is -1.61. The maximum atomic E-state index is 12.7. The second kappa shape index (κ2) is 5.92. The van der Waals surface area contributed by atoms with Crippen molar-refractivity contribution in [2.75, 3.05) is 26.3 Å². The molecule has 3 aromatic rings. The number of hydrogen-bond donors (Lipinski definition) is 0. The van der Waals surface area contributed by atoms with Gasteiger partial charge in [-0.3, -0.25) is 4.68 Å². The van der Waals surface area contributed by atoms with Crippen molar-refractivity contribution in [3.05, 3.63) is 30.6 Å². The Kier molecular flexibility index (Phi) is 3.87. The van der Waals surface area contributed by atoms with Gasteiger partial charge in [0, 0.05) is 42.2 Å². The first-order chi connectivity index (χ1) is 11.6. The average molecular weight is 364 g/mol. The van der Waals surface area contributed by atoms with Gasteiger partial charge in [0.05, 0.1) is 19.4 Å². The lowest BCUT2D eigenvalue weighted by Gasteiger charge is -2.25. The zero-order valence-electron chi connectivity index (χ0n) is 13.0. The summed E-state index contributed by atoms with van der Waals surface area (Å²) in [6, 6.07) is 5.47. The van der Waals surface area contributed by atoms with Crippen LogP contribution in [0.2, 0.25) is 0 Å². The predicted octanol–water partition coefficient (Wildman–Crippen LogP) is 1.72. The molecule has 1 aliphatic rings. The second-order valence-electron chi connectivity index (χ2n) is 5.54. The molecule has 1 fully saturated rings. The van der Waals surface area contributed by atoms with Crippen LogP contribution < -0.4 is 0 Å². The van der Waals surface area contributed by atoms with Crippen molar-refractivity contribution in [1.29, 1.82) is 0 Å². The molecule has 0 aromatic carbocycles. The third kappa shape index (κ3) is 2.63. The van der Waals surface area contributed by atoms with Gasteiger partial charge in [0.15, 0.2) is 5.65 Å². The molecule has 0 aliphatic carbocycles. The van der Waals surface area contributed by atoms with Crippen molar-refractivity contribution in [3.8, 4) is 10.4 Å². The summed E-state index contributed by atoms with van der Waals surface area (Å²) >= 11 is 1.26. The number of fused-ring (bicyclic) bond motifs is 1. The lowest BCUT2D eigenvalue weighted by atomic mass is 10.2. The standard InChI is InChI=1S/C15H16N4O3S2/c1-18-15-12(10-17-18)8-11(9-16-15)13-2-3-14(23-13)24(20,21)19-4-6-22-7-5-19/h2-3,8-10H,4-7H2,1H3. The zero-order chi connectivity index (χ0) is 16.7. The minimum absolute atomic E-state index is 0.352. The normalized spacial score (nSPS) is 16.7. The number of thiophene rings is 1. The van der Waals surface area contributed by atoms with Crippen LogP contribution in [0.5, 0.6) is 0 Å². The minimum atomic E-state index is -3.45. The molecule has 0 radical (unpaired) electrons. The molecule has 0 spiro atoms. The highest BCUT2D eigenvalue weighted by Crippen LogP contribution is 2.33. The van der Waals surface area contributed by atoms with E-state index in [1.54, 1.807) is 23.1 Å². The number of hydrogen-bond acceptors (Lipinski definition) is 6. The molecule has 1 saturated heterocycles. The maximum absolute atomic E-state index is 12.7. The Balaban J connectivity index is 1.68. The molecule has 7 nitrogen and oxygen atoms in total. The Labute approximate surface area is 143 Å². The summed E-state index contributed by atoms with van der Waals surface area (Å²) in [5, 5.41) is 5.11. The van der Waals surface area contributed by atoms with Gasteiger partial charge < -0.3 is 4.74 Å². The van der Waals surface area contributed by atoms with Crippen LogP contribution in [0, 0.1) is 0 Å². The molecule has 24 heavy (non-hydrogen) atoms. The van der Waals surface area contributed by atoms with Crippen molar-refractivity contribution < 1.29 is 13.2 Å². The molecule has 0 atom stereocenters. The van der Waals surface area contributed by atoms with Crippen molar-refractivity contribution in [3.63, 3.8) is 0 Å². The van der Waals surface area contributed by atoms with Crippen LogP contribution >= 0.6 is 11.3 Å². The summed E-state index contributed by atoms with van der Waals surface area (Å²) in [5.74, 6) is 0. The number of sulfonamides is 1. The SMILES string of the molecule is Cn1ncc2cc(-c3ccc(S(=O)(=O)N4CCOCC4)s3)cnc21. The molecule has 9 heteroatoms. The van der Waals surface area contributed by atoms with Crippen molar-refractivity contribution in [2.45, 2.75) is 4.21 Å². The Morgan fingerprint density at radius 2 is 2.00 bits per heavy atom. The van der Waals surface area contributed by atoms with E-state index >= 15 is 0 Å². The Bertz CT molecular complexity index is 987. The number of ether oxygens (including phenoxy) is 1. The summed E-state index contributed by atoms with van der Waals surface area (Å²) < 4.78 is 34.2. The van der Waals surface area contributed by atoms with Gasteiger partial charge in [0.25, 0.3) is 10.0 Å². The Morgan fingerprint density at radius 1 is 1.21 bits per heavy atom. The molecule has 4 heterocycles. The van der Waals surface area contributed by atoms with E-state index in [4.69, 9.17) is 4.74 Å². The highest BCUT2D eigenvalue weighted by molar-refractivity contribution is 7.91. The lowest BCUT2D eigenvalue weighted by Crippen LogP contribution is -2.40. The van der Waals surface area contributed by atoms with Gasteiger partial charge in [-0.25, -0.2) is 13.4 Å². The number of morpholine rings is 1. The van der Waals surface area contributed by atoms with Gasteiger partial charge in [0.2, 0.25) is 0 Å². The fourth-order valence-corrected chi connectivity index (χ4v) is 5.56. The van der Waals surface area contributed by atoms with E-state index in [0.717, 1.165) is 21.5 Å². The predicted molar refractivity (Wildman–Crippen MR) is 91.4 cm³/mol. The molecule has 0 unspecified atom stereocenters. The summed E-state index contributed by atoms with van der Waals surface area (Å²) in [6.45, 7) is 1.69. The van der Waals surface area contributed by atoms with Gasteiger partial charge in [-0.2, -0.15) is 9.40 Å². The molecule has 126 valence electrons. The van der Waals surface area contributed by atoms with Crippen molar-refractivity contribution >= 4 is 32.4 Å². The quantitative estimate of drug-likeness (QED) is 0.707. The van der Waals surface area contributed by atoms with Crippen LogP contribution in [0.4, 0.5) is 0 Å². The highest BCUT2D eigenvalue weighted by atomic mass is 32.2. The smallest absolute Gasteiger partial charge is 0.252 e. The van der Waals surface area contributed by atoms with Gasteiger partial charge in [-0.15, -0.1) is 11.3 Å². The van der Waals surface area contributed by atoms with Crippen LogP contribution in [0.3, 0.4) is 0 Å². The number of aryl methyl sites for hydroxylation is 1. The topological polar surface area (TPSA) is 77.3 Å². The van der Waals surface area contributed by atoms with E-state index in [1.165, 1.54) is 15.6 Å². The third-order valence-electron chi connectivity index (χ3n) is 4.00. The molecule has 0 N–H and O–H groups in total. The van der Waals surface area contributed by atoms with Crippen LogP contribution in [-0.4, -0.2) is 53.8 Å². The fourth-order valence-electron chi connectivity index (χ4n) is 2.71. The first-order valence-electron chi connectivity index (χ1n) is 7.51. The van der Waals surface area contributed by atoms with E-state index in [0.29, 0.717) is 30.5 Å². The van der Waals surface area contributed by atoms with Gasteiger partial charge in [-0.05, 0) is 18.2 Å². The van der Waals surface area contributed by atoms with Crippen LogP contribution in [0.25, 0.3) is 21.5 Å². The Morgan fingerprint density at radius 3 is 2.79 bits per heavy atom. The molecule has 0 saturated carbocycles. The zero-order valence-corrected chi connectivity index (χ0v) is 14.7. The third-order valence-corrected chi connectivity index (χ3v) is 7.50. The summed E-state index contributed by atoms with van der Waals surface area (Å²) in [6.07, 6.45) is 3.51. The molecule has 0 amide bonds. The molecular weight excluding hydrogens is 348 g/mol. The maximum Gasteiger partial charge on any atom is 0.252 e. The van der Waals surface area contributed by atoms with E-state index in [-0.39, 0.29) is 0 Å². The Hall–Kier alpha value is -1.81. The van der Waals surface area contributed by atoms with Crippen molar-refractivity contribution in [1.82, 2.24) is 19.1 Å².